The van der Waals surface area contributed by atoms with Crippen LogP contribution in [0.2, 0.25) is 10.6 Å². The van der Waals surface area contributed by atoms with Crippen LogP contribution in [0.4, 0.5) is 28.7 Å². The van der Waals surface area contributed by atoms with Crippen molar-refractivity contribution in [3.8, 4) is 5.75 Å². The van der Waals surface area contributed by atoms with Gasteiger partial charge < -0.3 is 30.8 Å². The maximum absolute atomic E-state index is 12.9. The molecule has 0 spiro atoms. The van der Waals surface area contributed by atoms with Gasteiger partial charge in [0.15, 0.2) is 27.9 Å². The molecule has 1 aromatic heterocycles. The van der Waals surface area contributed by atoms with Crippen molar-refractivity contribution < 1.29 is 153 Å². The van der Waals surface area contributed by atoms with Gasteiger partial charge in [0.2, 0.25) is 16.5 Å². The number of amides is 1. The predicted molar refractivity (Wildman–Crippen MR) is 188 cm³/mol. The van der Waals surface area contributed by atoms with Gasteiger partial charge in [-0.05, 0) is 83.9 Å². The Labute approximate surface area is 412 Å². The zero-order valence-electron chi connectivity index (χ0n) is 29.6. The molecule has 1 heterocycles. The Morgan fingerprint density at radius 1 is 0.862 bits per heavy atom. The van der Waals surface area contributed by atoms with Gasteiger partial charge in [0.25, 0.3) is 5.91 Å². The van der Waals surface area contributed by atoms with Crippen molar-refractivity contribution in [3.05, 3.63) is 82.9 Å². The smallest absolute Gasteiger partial charge is 0.744 e. The van der Waals surface area contributed by atoms with Crippen molar-refractivity contribution in [2.24, 2.45) is 10.2 Å². The van der Waals surface area contributed by atoms with Crippen LogP contribution in [0.15, 0.2) is 91.6 Å². The van der Waals surface area contributed by atoms with Crippen molar-refractivity contribution in [2.45, 2.75) is 14.7 Å². The molecule has 0 aliphatic carbocycles. The van der Waals surface area contributed by atoms with E-state index in [4.69, 9.17) is 27.4 Å². The molecule has 4 aromatic carbocycles. The summed E-state index contributed by atoms with van der Waals surface area (Å²) in [6, 6.07) is 14.4. The molecule has 1 amide bonds. The first kappa shape index (κ1) is 52.8. The van der Waals surface area contributed by atoms with Gasteiger partial charge in [-0.2, -0.15) is 24.4 Å². The minimum Gasteiger partial charge on any atom is -0.744 e. The number of azo groups is 1. The predicted octanol–water partition coefficient (Wildman–Crippen LogP) is -4.83. The number of halogens is 2. The summed E-state index contributed by atoms with van der Waals surface area (Å²) in [6.45, 7) is -0.332. The second kappa shape index (κ2) is 24.4. The third-order valence-electron chi connectivity index (χ3n) is 6.80. The zero-order chi connectivity index (χ0) is 39.8. The largest absolute Gasteiger partial charge is 1.00 e. The summed E-state index contributed by atoms with van der Waals surface area (Å²) >= 11 is 12.0. The average molecular weight is 945 g/mol. The number of benzene rings is 4. The van der Waals surface area contributed by atoms with Crippen molar-refractivity contribution in [2.75, 3.05) is 23.0 Å². The zero-order valence-corrected chi connectivity index (χ0v) is 40.4. The van der Waals surface area contributed by atoms with E-state index in [2.05, 4.69) is 54.6 Å². The quantitative estimate of drug-likeness (QED) is 0.0150. The van der Waals surface area contributed by atoms with Gasteiger partial charge in [0.05, 0.1) is 50.5 Å². The molecule has 58 heavy (non-hydrogen) atoms. The van der Waals surface area contributed by atoms with Crippen LogP contribution in [0, 0.1) is 0 Å². The Bertz CT molecular complexity index is 2460. The van der Waals surface area contributed by atoms with Crippen LogP contribution in [-0.4, -0.2) is 59.7 Å². The Balaban J connectivity index is 0.00000387. The topological polar surface area (TPSA) is 308 Å². The number of anilines is 3. The van der Waals surface area contributed by atoms with Gasteiger partial charge in [0.1, 0.15) is 15.8 Å². The van der Waals surface area contributed by atoms with Crippen LogP contribution in [-0.2, 0) is 42.9 Å². The number of carbonyl (C=O) groups is 1. The molecule has 30 heteroatoms. The summed E-state index contributed by atoms with van der Waals surface area (Å²) in [5, 5.41) is 50.1. The van der Waals surface area contributed by atoms with E-state index >= 15 is 0 Å². The molecular weight excluding hydrogens is 926 g/mol. The van der Waals surface area contributed by atoms with Crippen molar-refractivity contribution >= 4 is 113 Å². The van der Waals surface area contributed by atoms with Gasteiger partial charge in [-0.15, -0.1) is 9.45 Å². The number of carbonyl (C=O) groups excluding carboxylic acids is 1. The Kier molecular flexibility index (Phi) is 22.2. The minimum absolute atomic E-state index is 0. The number of nitrogens with zero attached hydrogens (tertiary/aromatic N) is 5. The first-order valence-corrected chi connectivity index (χ1v) is 19.6. The summed E-state index contributed by atoms with van der Waals surface area (Å²) in [6.07, 6.45) is 0. The van der Waals surface area contributed by atoms with Crippen LogP contribution in [0.25, 0.3) is 10.8 Å². The molecule has 0 aliphatic rings. The van der Waals surface area contributed by atoms with E-state index in [1.807, 2.05) is 0 Å². The van der Waals surface area contributed by atoms with Gasteiger partial charge >= 0.3 is 88.7 Å². The molecule has 0 saturated heterocycles. The second-order valence-electron chi connectivity index (χ2n) is 10.2. The number of aromatic nitrogens is 3. The van der Waals surface area contributed by atoms with E-state index in [1.165, 1.54) is 54.6 Å². The number of hydrogen-bond donors (Lipinski definition) is 3. The molecule has 0 atom stereocenters. The molecule has 0 fully saturated rings. The molecule has 0 saturated carbocycles. The van der Waals surface area contributed by atoms with Crippen molar-refractivity contribution in [1.82, 2.24) is 15.0 Å². The maximum Gasteiger partial charge on any atom is 1.00 e. The minimum atomic E-state index is -5.31. The van der Waals surface area contributed by atoms with E-state index in [0.29, 0.717) is 0 Å². The fourth-order valence-corrected chi connectivity index (χ4v) is 7.68. The Morgan fingerprint density at radius 2 is 1.53 bits per heavy atom. The van der Waals surface area contributed by atoms with E-state index in [9.17, 15) is 41.8 Å². The first-order valence-electron chi connectivity index (χ1n) is 14.4. The van der Waals surface area contributed by atoms with Crippen molar-refractivity contribution in [1.29, 1.82) is 0 Å². The van der Waals surface area contributed by atoms with Crippen molar-refractivity contribution in [3.63, 3.8) is 0 Å². The molecule has 0 bridgehead atoms. The molecule has 0 radical (unpaired) electrons. The van der Waals surface area contributed by atoms with E-state index in [-0.39, 0.29) is 185 Å². The molecule has 290 valence electrons. The Hall–Kier alpha value is -1.32. The maximum atomic E-state index is 12.9. The Morgan fingerprint density at radius 3 is 2.17 bits per heavy atom. The van der Waals surface area contributed by atoms with Crippen LogP contribution in [0.5, 0.6) is 5.75 Å². The van der Waals surface area contributed by atoms with Crippen LogP contribution in [0.3, 0.4) is 0 Å². The standard InChI is InChI=1S/C28H21Cl2N7O14S4.3Na/c29-26-33-27(30)35-28(34-26)32-20-9-8-18-19(24(20)55(44,45)46)13-21(52-50-48-40)22(23(18)38)37-36-15-6-4-14(5-7-15)25(39)31-16-2-1-3-17(12-16)54(42,43)11-10-47-53-51-49-41;;;/h1-9,12-13,38,40-41H,10-11H2,(H,31,39)(H,44,45,46)(H,32,33,34,35);;;/q;3*+1/p-3. The van der Waals surface area contributed by atoms with E-state index in [0.717, 1.165) is 12.1 Å². The van der Waals surface area contributed by atoms with Crippen LogP contribution in [0.1, 0.15) is 10.4 Å². The number of fused-ring (bicyclic) bond motifs is 1. The van der Waals surface area contributed by atoms with Gasteiger partial charge in [0, 0.05) is 22.0 Å². The third kappa shape index (κ3) is 14.4. The van der Waals surface area contributed by atoms with Crippen LogP contribution >= 0.6 is 47.6 Å². The monoisotopic (exact) mass is 943 g/mol. The van der Waals surface area contributed by atoms with Crippen LogP contribution < -0.4 is 110 Å². The molecule has 21 nitrogen and oxygen atoms in total. The van der Waals surface area contributed by atoms with E-state index in [1.54, 1.807) is 0 Å². The number of phenols is 1. The summed E-state index contributed by atoms with van der Waals surface area (Å²) in [5.74, 6) is -2.09. The van der Waals surface area contributed by atoms with Gasteiger partial charge in [-0.25, -0.2) is 16.8 Å². The molecule has 0 aliphatic heterocycles. The molecule has 3 N–H and O–H groups in total. The molecular formula is C28H18Cl2N7Na3O14S4. The summed E-state index contributed by atoms with van der Waals surface area (Å²) in [4.78, 5) is 22.9. The number of rotatable bonds is 17. The second-order valence-corrected chi connectivity index (χ2v) is 15.5. The molecule has 0 unspecified atom stereocenters. The average Bonchev–Trinajstić information content (AvgIpc) is 3.13. The first-order chi connectivity index (χ1) is 26.2. The number of phenolic OH excluding ortho intramolecular Hbond substituents is 1. The number of sulfone groups is 1. The van der Waals surface area contributed by atoms with Gasteiger partial charge in [-0.1, -0.05) is 6.07 Å². The number of hydrogen-bond acceptors (Lipinski definition) is 22. The summed E-state index contributed by atoms with van der Waals surface area (Å²) in [5.41, 5.74) is -0.251. The summed E-state index contributed by atoms with van der Waals surface area (Å²) in [7, 11) is -9.16. The summed E-state index contributed by atoms with van der Waals surface area (Å²) < 4.78 is 75.8. The fraction of sp³-hybridized carbons (Fsp3) is 0.0714. The number of aromatic hydroxyl groups is 1. The van der Waals surface area contributed by atoms with E-state index < -0.39 is 42.3 Å². The molecule has 5 aromatic rings. The fourth-order valence-electron chi connectivity index (χ4n) is 4.56. The SMILES string of the molecule is O=C(Nc1cccc(S(=O)(=O)CCOSOO[O-])c1)c1ccc(N=Nc2c(SOO[O-])cc3c(S(=O)(=O)[O-])c(Nc4nc(Cl)nc(Cl)n4)ccc3c2O)cc1.[Na+].[Na+].[Na+]. The normalized spacial score (nSPS) is 11.4. The van der Waals surface area contributed by atoms with Gasteiger partial charge in [-0.3, -0.25) is 19.1 Å². The third-order valence-corrected chi connectivity index (χ3v) is 10.7. The molecule has 5 rings (SSSR count). The number of nitrogens with one attached hydrogen (secondary N) is 2.